The fourth-order valence-electron chi connectivity index (χ4n) is 1.68. The molecule has 0 bridgehead atoms. The molecule has 0 aromatic heterocycles. The summed E-state index contributed by atoms with van der Waals surface area (Å²) in [7, 11) is 0. The first-order valence-electron chi connectivity index (χ1n) is 5.50. The van der Waals surface area contributed by atoms with E-state index in [9.17, 15) is 9.59 Å². The number of carbonyl (C=O) groups excluding carboxylic acids is 2. The summed E-state index contributed by atoms with van der Waals surface area (Å²) in [6.07, 6.45) is 4.07. The highest BCUT2D eigenvalue weighted by Crippen LogP contribution is 2.33. The summed E-state index contributed by atoms with van der Waals surface area (Å²) in [6, 6.07) is 0. The van der Waals surface area contributed by atoms with Crippen LogP contribution in [0.4, 0.5) is 0 Å². The second-order valence-electron chi connectivity index (χ2n) is 4.25. The Labute approximate surface area is 106 Å². The third kappa shape index (κ3) is 2.90. The van der Waals surface area contributed by atoms with Crippen LogP contribution in [0.3, 0.4) is 0 Å². The van der Waals surface area contributed by atoms with Crippen molar-refractivity contribution in [2.24, 2.45) is 5.92 Å². The van der Waals surface area contributed by atoms with E-state index < -0.39 is 17.5 Å². The monoisotopic (exact) mass is 258 g/mol. The van der Waals surface area contributed by atoms with Gasteiger partial charge in [0.2, 0.25) is 0 Å². The van der Waals surface area contributed by atoms with Crippen molar-refractivity contribution in [2.45, 2.75) is 32.8 Å². The highest BCUT2D eigenvalue weighted by Gasteiger charge is 2.46. The van der Waals surface area contributed by atoms with Crippen LogP contribution in [0.25, 0.3) is 0 Å². The molecule has 0 spiro atoms. The number of rotatable bonds is 3. The SMILES string of the molecule is C/C=C1/C[C@@H](C)[C@@](C)(OCSC)C(=O)OC1=O. The van der Waals surface area contributed by atoms with Gasteiger partial charge in [-0.15, -0.1) is 11.8 Å². The summed E-state index contributed by atoms with van der Waals surface area (Å²) in [5, 5.41) is 0. The smallest absolute Gasteiger partial charge is 0.346 e. The number of esters is 2. The fourth-order valence-corrected chi connectivity index (χ4v) is 2.04. The maximum Gasteiger partial charge on any atom is 0.346 e. The first-order valence-corrected chi connectivity index (χ1v) is 6.89. The van der Waals surface area contributed by atoms with E-state index in [0.717, 1.165) is 0 Å². The molecule has 17 heavy (non-hydrogen) atoms. The van der Waals surface area contributed by atoms with Crippen molar-refractivity contribution in [1.29, 1.82) is 0 Å². The van der Waals surface area contributed by atoms with Crippen LogP contribution < -0.4 is 0 Å². The average molecular weight is 258 g/mol. The second kappa shape index (κ2) is 5.69. The van der Waals surface area contributed by atoms with Gasteiger partial charge in [0.15, 0.2) is 5.60 Å². The molecule has 0 aliphatic carbocycles. The van der Waals surface area contributed by atoms with Gasteiger partial charge in [0.05, 0.1) is 5.94 Å². The molecule has 4 nitrogen and oxygen atoms in total. The summed E-state index contributed by atoms with van der Waals surface area (Å²) in [6.45, 7) is 5.34. The van der Waals surface area contributed by atoms with Crippen LogP contribution in [0.2, 0.25) is 0 Å². The van der Waals surface area contributed by atoms with Crippen LogP contribution in [0, 0.1) is 5.92 Å². The molecule has 1 heterocycles. The maximum atomic E-state index is 11.9. The number of carbonyl (C=O) groups is 2. The van der Waals surface area contributed by atoms with Crippen LogP contribution in [-0.2, 0) is 19.1 Å². The average Bonchev–Trinajstić information content (AvgIpc) is 2.38. The van der Waals surface area contributed by atoms with Crippen LogP contribution in [0.15, 0.2) is 11.6 Å². The molecular weight excluding hydrogens is 240 g/mol. The lowest BCUT2D eigenvalue weighted by molar-refractivity contribution is -0.176. The van der Waals surface area contributed by atoms with E-state index in [1.807, 2.05) is 13.2 Å². The number of ether oxygens (including phenoxy) is 2. The van der Waals surface area contributed by atoms with Gasteiger partial charge >= 0.3 is 11.9 Å². The predicted molar refractivity (Wildman–Crippen MR) is 66.5 cm³/mol. The molecule has 1 aliphatic heterocycles. The molecule has 0 radical (unpaired) electrons. The van der Waals surface area contributed by atoms with Crippen molar-refractivity contribution >= 4 is 23.7 Å². The highest BCUT2D eigenvalue weighted by atomic mass is 32.2. The maximum absolute atomic E-state index is 11.9. The number of hydrogen-bond donors (Lipinski definition) is 0. The van der Waals surface area contributed by atoms with Crippen molar-refractivity contribution in [2.75, 3.05) is 12.2 Å². The molecule has 1 rings (SSSR count). The molecule has 0 aromatic rings. The summed E-state index contributed by atoms with van der Waals surface area (Å²) in [4.78, 5) is 23.5. The van der Waals surface area contributed by atoms with Gasteiger partial charge in [0, 0.05) is 11.5 Å². The Balaban J connectivity index is 2.98. The zero-order chi connectivity index (χ0) is 13.1. The Hall–Kier alpha value is -0.810. The van der Waals surface area contributed by atoms with E-state index in [2.05, 4.69) is 0 Å². The lowest BCUT2D eigenvalue weighted by Crippen LogP contribution is -2.44. The van der Waals surface area contributed by atoms with Gasteiger partial charge in [-0.1, -0.05) is 13.0 Å². The van der Waals surface area contributed by atoms with Crippen molar-refractivity contribution in [3.8, 4) is 0 Å². The first-order chi connectivity index (χ1) is 7.95. The number of thioether (sulfide) groups is 1. The Bertz CT molecular complexity index is 350. The standard InChI is InChI=1S/C12H18O4S/c1-5-9-6-8(2)12(3,15-7-17-4)11(14)16-10(9)13/h5,8H,6-7H2,1-4H3/b9-5-/t8-,12-/m1/s1. The van der Waals surface area contributed by atoms with Crippen LogP contribution in [-0.4, -0.2) is 29.7 Å². The van der Waals surface area contributed by atoms with Gasteiger partial charge in [-0.05, 0) is 26.5 Å². The Morgan fingerprint density at radius 3 is 2.76 bits per heavy atom. The van der Waals surface area contributed by atoms with Gasteiger partial charge in [-0.3, -0.25) is 0 Å². The molecule has 0 aromatic carbocycles. The highest BCUT2D eigenvalue weighted by molar-refractivity contribution is 7.98. The van der Waals surface area contributed by atoms with Crippen molar-refractivity contribution < 1.29 is 19.1 Å². The topological polar surface area (TPSA) is 52.6 Å². The minimum atomic E-state index is -1.05. The molecular formula is C12H18O4S. The number of allylic oxidation sites excluding steroid dienone is 1. The molecule has 1 fully saturated rings. The fraction of sp³-hybridized carbons (Fsp3) is 0.667. The first kappa shape index (κ1) is 14.3. The molecule has 0 saturated carbocycles. The molecule has 96 valence electrons. The minimum absolute atomic E-state index is 0.0974. The number of hydrogen-bond acceptors (Lipinski definition) is 5. The van der Waals surface area contributed by atoms with Gasteiger partial charge in [-0.25, -0.2) is 9.59 Å². The van der Waals surface area contributed by atoms with Crippen molar-refractivity contribution in [3.63, 3.8) is 0 Å². The summed E-state index contributed by atoms with van der Waals surface area (Å²) < 4.78 is 10.4. The van der Waals surface area contributed by atoms with Gasteiger partial charge in [-0.2, -0.15) is 0 Å². The van der Waals surface area contributed by atoms with E-state index in [0.29, 0.717) is 17.9 Å². The van der Waals surface area contributed by atoms with E-state index in [1.165, 1.54) is 11.8 Å². The van der Waals surface area contributed by atoms with Crippen LogP contribution in [0.1, 0.15) is 27.2 Å². The molecule has 1 saturated heterocycles. The largest absolute Gasteiger partial charge is 0.388 e. The quantitative estimate of drug-likeness (QED) is 0.336. The lowest BCUT2D eigenvalue weighted by Gasteiger charge is -2.30. The Morgan fingerprint density at radius 1 is 1.59 bits per heavy atom. The third-order valence-electron chi connectivity index (χ3n) is 3.14. The summed E-state index contributed by atoms with van der Waals surface area (Å²) >= 11 is 1.48. The molecule has 0 amide bonds. The van der Waals surface area contributed by atoms with Crippen molar-refractivity contribution in [1.82, 2.24) is 0 Å². The zero-order valence-corrected chi connectivity index (χ0v) is 11.4. The van der Waals surface area contributed by atoms with E-state index in [4.69, 9.17) is 9.47 Å². The van der Waals surface area contributed by atoms with Gasteiger partial charge in [0.25, 0.3) is 0 Å². The molecule has 0 N–H and O–H groups in total. The minimum Gasteiger partial charge on any atom is -0.388 e. The van der Waals surface area contributed by atoms with Gasteiger partial charge in [0.1, 0.15) is 0 Å². The normalized spacial score (nSPS) is 32.5. The van der Waals surface area contributed by atoms with E-state index in [1.54, 1.807) is 19.9 Å². The summed E-state index contributed by atoms with van der Waals surface area (Å²) in [5.41, 5.74) is -0.522. The van der Waals surface area contributed by atoms with Gasteiger partial charge < -0.3 is 9.47 Å². The molecule has 1 aliphatic rings. The second-order valence-corrected chi connectivity index (χ2v) is 5.07. The molecule has 0 unspecified atom stereocenters. The third-order valence-corrected chi connectivity index (χ3v) is 3.50. The predicted octanol–water partition coefficient (Wildman–Crippen LogP) is 2.14. The van der Waals surface area contributed by atoms with Crippen LogP contribution in [0.5, 0.6) is 0 Å². The number of cyclic esters (lactones) is 2. The Morgan fingerprint density at radius 2 is 2.24 bits per heavy atom. The molecule has 5 heteroatoms. The summed E-state index contributed by atoms with van der Waals surface area (Å²) in [5.74, 6) is -0.850. The van der Waals surface area contributed by atoms with Crippen molar-refractivity contribution in [3.05, 3.63) is 11.6 Å². The zero-order valence-electron chi connectivity index (χ0n) is 10.6. The van der Waals surface area contributed by atoms with E-state index in [-0.39, 0.29) is 5.92 Å². The Kier molecular flexibility index (Phi) is 4.77. The van der Waals surface area contributed by atoms with Crippen LogP contribution >= 0.6 is 11.8 Å². The lowest BCUT2D eigenvalue weighted by atomic mass is 9.86. The molecule has 2 atom stereocenters. The van der Waals surface area contributed by atoms with E-state index >= 15 is 0 Å².